The van der Waals surface area contributed by atoms with Crippen molar-refractivity contribution in [2.75, 3.05) is 19.6 Å². The molecule has 0 unspecified atom stereocenters. The highest BCUT2D eigenvalue weighted by atomic mass is 19.1. The van der Waals surface area contributed by atoms with Crippen LogP contribution in [0.15, 0.2) is 48.5 Å². The van der Waals surface area contributed by atoms with Crippen LogP contribution in [0.2, 0.25) is 0 Å². The number of rotatable bonds is 5. The number of hydrogen-bond acceptors (Lipinski definition) is 3. The van der Waals surface area contributed by atoms with Gasteiger partial charge in [-0.15, -0.1) is 0 Å². The van der Waals surface area contributed by atoms with Crippen molar-refractivity contribution >= 4 is 11.0 Å². The maximum absolute atomic E-state index is 14.1. The normalized spacial score (nSPS) is 27.3. The molecule has 6 rings (SSSR count). The van der Waals surface area contributed by atoms with E-state index in [2.05, 4.69) is 52.0 Å². The van der Waals surface area contributed by atoms with Crippen LogP contribution in [-0.2, 0) is 5.41 Å². The molecule has 33 heavy (non-hydrogen) atoms. The first kappa shape index (κ1) is 21.3. The summed E-state index contributed by atoms with van der Waals surface area (Å²) < 4.78 is 16.6. The van der Waals surface area contributed by atoms with Crippen molar-refractivity contribution in [2.24, 2.45) is 0 Å². The molecule has 4 nitrogen and oxygen atoms in total. The third kappa shape index (κ3) is 3.79. The minimum atomic E-state index is -0.103. The average molecular weight is 447 g/mol. The molecule has 0 aliphatic carbocycles. The Kier molecular flexibility index (Phi) is 5.50. The smallest absolute Gasteiger partial charge is 0.123 e. The fraction of sp³-hybridized carbons (Fsp3) is 0.536. The minimum Gasteiger partial charge on any atom is -0.325 e. The summed E-state index contributed by atoms with van der Waals surface area (Å²) in [4.78, 5) is 7.65. The van der Waals surface area contributed by atoms with E-state index in [9.17, 15) is 4.39 Å². The van der Waals surface area contributed by atoms with E-state index >= 15 is 0 Å². The summed E-state index contributed by atoms with van der Waals surface area (Å²) in [5.41, 5.74) is 3.70. The molecule has 5 heteroatoms. The Bertz CT molecular complexity index is 1120. The molecule has 3 aromatic rings. The highest BCUT2D eigenvalue weighted by molar-refractivity contribution is 5.76. The zero-order valence-electron chi connectivity index (χ0n) is 19.6. The van der Waals surface area contributed by atoms with Crippen LogP contribution in [0.4, 0.5) is 4.39 Å². The van der Waals surface area contributed by atoms with Crippen LogP contribution in [0.5, 0.6) is 0 Å². The second-order valence-electron chi connectivity index (χ2n) is 10.6. The number of aromatic nitrogens is 2. The summed E-state index contributed by atoms with van der Waals surface area (Å²) in [5.74, 6) is 1.04. The molecule has 3 aliphatic heterocycles. The molecule has 4 heterocycles. The summed E-state index contributed by atoms with van der Waals surface area (Å²) in [6, 6.07) is 17.8. The zero-order valence-corrected chi connectivity index (χ0v) is 19.6. The van der Waals surface area contributed by atoms with Crippen LogP contribution < -0.4 is 5.32 Å². The Morgan fingerprint density at radius 3 is 2.52 bits per heavy atom. The SMILES string of the molecule is Cc1nc2ccccc2n1C1C[C@H]2CC[C@H](C1)N2CCC1(c2cccc(F)c2)CCNCC1. The van der Waals surface area contributed by atoms with Gasteiger partial charge in [0.05, 0.1) is 11.0 Å². The molecule has 3 saturated heterocycles. The lowest BCUT2D eigenvalue weighted by molar-refractivity contribution is 0.0928. The van der Waals surface area contributed by atoms with Gasteiger partial charge in [0.15, 0.2) is 0 Å². The monoisotopic (exact) mass is 446 g/mol. The van der Waals surface area contributed by atoms with Gasteiger partial charge in [-0.25, -0.2) is 9.37 Å². The summed E-state index contributed by atoms with van der Waals surface area (Å²) >= 11 is 0. The largest absolute Gasteiger partial charge is 0.325 e. The van der Waals surface area contributed by atoms with Gasteiger partial charge >= 0.3 is 0 Å². The third-order valence-corrected chi connectivity index (χ3v) is 8.84. The second-order valence-corrected chi connectivity index (χ2v) is 10.6. The summed E-state index contributed by atoms with van der Waals surface area (Å²) in [6.45, 7) is 5.34. The van der Waals surface area contributed by atoms with Gasteiger partial charge < -0.3 is 9.88 Å². The van der Waals surface area contributed by atoms with Crippen LogP contribution in [0.1, 0.15) is 62.4 Å². The van der Waals surface area contributed by atoms with Gasteiger partial charge in [-0.1, -0.05) is 24.3 Å². The Morgan fingerprint density at radius 1 is 1.00 bits per heavy atom. The molecule has 2 atom stereocenters. The van der Waals surface area contributed by atoms with Crippen LogP contribution in [0.25, 0.3) is 11.0 Å². The second kappa shape index (κ2) is 8.52. The first-order valence-corrected chi connectivity index (χ1v) is 12.8. The van der Waals surface area contributed by atoms with Crippen molar-refractivity contribution in [2.45, 2.75) is 75.4 Å². The lowest BCUT2D eigenvalue weighted by Gasteiger charge is -2.44. The predicted molar refractivity (Wildman–Crippen MR) is 131 cm³/mol. The number of piperidine rings is 2. The van der Waals surface area contributed by atoms with Crippen molar-refractivity contribution in [1.29, 1.82) is 0 Å². The lowest BCUT2D eigenvalue weighted by Crippen LogP contribution is -2.47. The minimum absolute atomic E-state index is 0.0980. The fourth-order valence-electron chi connectivity index (χ4n) is 7.20. The van der Waals surface area contributed by atoms with Crippen molar-refractivity contribution in [3.8, 4) is 0 Å². The first-order chi connectivity index (χ1) is 16.1. The van der Waals surface area contributed by atoms with Crippen LogP contribution in [-0.4, -0.2) is 46.2 Å². The molecule has 2 aromatic carbocycles. The van der Waals surface area contributed by atoms with E-state index in [1.807, 2.05) is 6.07 Å². The number of hydrogen-bond donors (Lipinski definition) is 1. The number of imidazole rings is 1. The Balaban J connectivity index is 1.21. The van der Waals surface area contributed by atoms with E-state index in [4.69, 9.17) is 4.98 Å². The van der Waals surface area contributed by atoms with Gasteiger partial charge in [-0.2, -0.15) is 0 Å². The zero-order chi connectivity index (χ0) is 22.4. The van der Waals surface area contributed by atoms with E-state index in [0.717, 1.165) is 50.2 Å². The Labute approximate surface area is 196 Å². The van der Waals surface area contributed by atoms with Gasteiger partial charge in [0.1, 0.15) is 11.6 Å². The highest BCUT2D eigenvalue weighted by Gasteiger charge is 2.43. The molecule has 2 bridgehead atoms. The molecule has 1 aromatic heterocycles. The maximum Gasteiger partial charge on any atom is 0.123 e. The van der Waals surface area contributed by atoms with Gasteiger partial charge in [-0.3, -0.25) is 4.90 Å². The molecule has 3 aliphatic rings. The number of fused-ring (bicyclic) bond motifs is 3. The van der Waals surface area contributed by atoms with Gasteiger partial charge in [0.2, 0.25) is 0 Å². The quantitative estimate of drug-likeness (QED) is 0.573. The molecule has 0 spiro atoms. The van der Waals surface area contributed by atoms with Gasteiger partial charge in [-0.05, 0) is 107 Å². The van der Waals surface area contributed by atoms with E-state index < -0.39 is 0 Å². The number of halogens is 1. The molecular weight excluding hydrogens is 411 g/mol. The number of nitrogens with one attached hydrogen (secondary N) is 1. The third-order valence-electron chi connectivity index (χ3n) is 8.84. The van der Waals surface area contributed by atoms with Crippen LogP contribution in [0, 0.1) is 12.7 Å². The molecule has 1 N–H and O–H groups in total. The number of benzene rings is 2. The maximum atomic E-state index is 14.1. The Hall–Kier alpha value is -2.24. The molecule has 0 saturated carbocycles. The average Bonchev–Trinajstić information content (AvgIpc) is 3.29. The molecular formula is C28H35FN4. The summed E-state index contributed by atoms with van der Waals surface area (Å²) in [6.07, 6.45) is 8.37. The number of para-hydroxylation sites is 2. The number of nitrogens with zero attached hydrogens (tertiary/aromatic N) is 3. The fourth-order valence-corrected chi connectivity index (χ4v) is 7.20. The summed E-state index contributed by atoms with van der Waals surface area (Å²) in [7, 11) is 0. The van der Waals surface area contributed by atoms with E-state index in [1.165, 1.54) is 36.8 Å². The molecule has 174 valence electrons. The van der Waals surface area contributed by atoms with Crippen molar-refractivity contribution < 1.29 is 4.39 Å². The van der Waals surface area contributed by atoms with Crippen LogP contribution in [0.3, 0.4) is 0 Å². The lowest BCUT2D eigenvalue weighted by atomic mass is 9.70. The van der Waals surface area contributed by atoms with E-state index in [-0.39, 0.29) is 11.2 Å². The molecule has 0 amide bonds. The van der Waals surface area contributed by atoms with E-state index in [1.54, 1.807) is 12.1 Å². The number of aryl methyl sites for hydroxylation is 1. The first-order valence-electron chi connectivity index (χ1n) is 12.8. The summed E-state index contributed by atoms with van der Waals surface area (Å²) in [5, 5.41) is 3.52. The standard InChI is InChI=1S/C28H35FN4/c1-20-31-26-7-2-3-8-27(26)33(20)25-18-23-9-10-24(19-25)32(23)16-13-28(11-14-30-15-12-28)21-5-4-6-22(29)17-21/h2-8,17,23-25,30H,9-16,18-19H2,1H3/t23-,24-/m1/s1. The Morgan fingerprint density at radius 2 is 1.76 bits per heavy atom. The van der Waals surface area contributed by atoms with Crippen molar-refractivity contribution in [1.82, 2.24) is 19.8 Å². The van der Waals surface area contributed by atoms with Gasteiger partial charge in [0.25, 0.3) is 0 Å². The topological polar surface area (TPSA) is 33.1 Å². The molecule has 0 radical (unpaired) electrons. The molecule has 3 fully saturated rings. The van der Waals surface area contributed by atoms with E-state index in [0.29, 0.717) is 18.1 Å². The van der Waals surface area contributed by atoms with Crippen LogP contribution >= 0.6 is 0 Å². The predicted octanol–water partition coefficient (Wildman–Crippen LogP) is 5.36. The highest BCUT2D eigenvalue weighted by Crippen LogP contribution is 2.44. The van der Waals surface area contributed by atoms with Crippen molar-refractivity contribution in [3.63, 3.8) is 0 Å². The van der Waals surface area contributed by atoms with Gasteiger partial charge in [0, 0.05) is 18.1 Å². The van der Waals surface area contributed by atoms with Crippen molar-refractivity contribution in [3.05, 3.63) is 65.7 Å².